The van der Waals surface area contributed by atoms with Gasteiger partial charge in [-0.05, 0) is 204 Å². The SMILES string of the molecule is CCCCCCCCCCCCc1ccc(S(=O)(=O)NC(=O)[C@@H]2CCCN2)cc1.O=C1CCCC1.O=C1CCCC1.O=C1CCC[C@@H]1[C@@H](O)c1ccc([N+](=O)[O-])cc1.O=C1CCC[C@@H]1[C@@H](O)c1ccccc1Cl.O=C1CCC[C@H]1[C@@H](O)c1ccc([N+](=O)[O-])cc1.O=C1CCC[C@H]1[C@@H](O)c1ccccc1Cl.O=Cc1ccc([N+](=O)[O-])cc1.O=Cc1ccc([N+](=O)[O-])cc1Cl. The van der Waals surface area contributed by atoms with Gasteiger partial charge in [-0.2, -0.15) is 0 Å². The Morgan fingerprint density at radius 1 is 0.430 bits per heavy atom. The number of carbonyl (C=O) groups excluding carboxylic acids is 9. The molecule has 14 rings (SSSR count). The predicted molar refractivity (Wildman–Crippen MR) is 486 cm³/mol. The Balaban J connectivity index is 0.000000229. The number of ketones is 6. The number of aryl methyl sites for hydroxylation is 1. The number of Topliss-reactive ketones (excluding diaryl/α,β-unsaturated/α-hetero) is 6. The van der Waals surface area contributed by atoms with Gasteiger partial charge < -0.3 is 25.7 Å². The molecule has 6 N–H and O–H groups in total. The molecule has 0 aromatic heterocycles. The van der Waals surface area contributed by atoms with Crippen molar-refractivity contribution in [3.05, 3.63) is 258 Å². The van der Waals surface area contributed by atoms with Gasteiger partial charge in [0.25, 0.3) is 38.7 Å². The summed E-state index contributed by atoms with van der Waals surface area (Å²) >= 11 is 17.5. The van der Waals surface area contributed by atoms with Crippen LogP contribution in [0.2, 0.25) is 15.1 Å². The van der Waals surface area contributed by atoms with Crippen molar-refractivity contribution in [1.29, 1.82) is 0 Å². The van der Waals surface area contributed by atoms with Gasteiger partial charge in [0, 0.05) is 145 Å². The molecule has 690 valence electrons. The summed E-state index contributed by atoms with van der Waals surface area (Å²) in [6, 6.07) is 41.3. The average molecular weight is 1850 g/mol. The highest BCUT2D eigenvalue weighted by Crippen LogP contribution is 2.39. The number of aliphatic hydroxyl groups is 4. The van der Waals surface area contributed by atoms with Crippen molar-refractivity contribution in [2.24, 2.45) is 23.7 Å². The molecule has 1 amide bonds. The van der Waals surface area contributed by atoms with Gasteiger partial charge >= 0.3 is 0 Å². The van der Waals surface area contributed by atoms with E-state index in [1.165, 1.54) is 143 Å². The number of benzene rings is 7. The smallest absolute Gasteiger partial charge is 0.270 e. The Hall–Kier alpha value is -10.4. The van der Waals surface area contributed by atoms with Crippen LogP contribution >= 0.6 is 34.8 Å². The highest BCUT2D eigenvalue weighted by molar-refractivity contribution is 7.90. The Bertz CT molecular complexity index is 4730. The molecule has 0 bridgehead atoms. The largest absolute Gasteiger partial charge is 0.388 e. The van der Waals surface area contributed by atoms with Crippen molar-refractivity contribution in [3.8, 4) is 0 Å². The molecule has 1 heterocycles. The standard InChI is InChI=1S/C23H38N2O3S.2C12H13ClO2.2C12H13NO4.C7H4ClNO3.C7H5NO3.2C5H8O/c1-2-3-4-5-6-7-8-9-10-11-13-20-15-17-21(18-16-20)29(27,28)25-23(26)22-14-12-19-24-22;2*13-10-6-2-1-4-8(10)12(15)9-5-3-7-11(9)14;2*14-11-3-1-2-10(11)12(15)8-4-6-9(7-5-8)13(16)17;8-7-3-6(9(11)12)2-1-5(7)4-10;9-5-6-1-3-7(4-2-6)8(10)11;2*6-5-3-1-2-4-5/h15-18,22,24H,2-14,19H2,1H3,(H,25,26);2*1-2,4,6,9,12,15H,3,5,7H2;2*4-7,10,12,15H,1-3H2;1-4H;1-5H;2*1-4H2/t22-;9-,12+;9-,12-;10-,12+;10-,12-;;;;/m01010..../s1. The molecule has 29 nitrogen and oxygen atoms in total. The summed E-state index contributed by atoms with van der Waals surface area (Å²) in [5.41, 5.74) is 4.15. The molecule has 6 saturated carbocycles. The van der Waals surface area contributed by atoms with E-state index >= 15 is 0 Å². The van der Waals surface area contributed by atoms with Crippen LogP contribution in [0.25, 0.3) is 0 Å². The average Bonchev–Trinajstić information content (AvgIpc) is 1.45. The summed E-state index contributed by atoms with van der Waals surface area (Å²) in [7, 11) is -3.80. The van der Waals surface area contributed by atoms with Crippen molar-refractivity contribution in [2.75, 3.05) is 6.54 Å². The molecule has 0 spiro atoms. The van der Waals surface area contributed by atoms with E-state index in [9.17, 15) is 112 Å². The van der Waals surface area contributed by atoms with Crippen LogP contribution in [0.3, 0.4) is 0 Å². The third-order valence-corrected chi connectivity index (χ3v) is 25.2. The zero-order chi connectivity index (χ0) is 93.7. The van der Waals surface area contributed by atoms with Gasteiger partial charge in [-0.25, -0.2) is 13.1 Å². The molecule has 0 radical (unpaired) electrons. The highest BCUT2D eigenvalue weighted by atomic mass is 35.5. The molecule has 0 unspecified atom stereocenters. The second-order valence-electron chi connectivity index (χ2n) is 32.1. The minimum absolute atomic E-state index is 0.00407. The highest BCUT2D eigenvalue weighted by Gasteiger charge is 2.36. The van der Waals surface area contributed by atoms with E-state index in [1.54, 1.807) is 36.4 Å². The van der Waals surface area contributed by atoms with Gasteiger partial charge in [-0.3, -0.25) is 83.6 Å². The van der Waals surface area contributed by atoms with Gasteiger partial charge in [-0.15, -0.1) is 0 Å². The summed E-state index contributed by atoms with van der Waals surface area (Å²) in [6.07, 6.45) is 30.1. The van der Waals surface area contributed by atoms with E-state index in [0.29, 0.717) is 107 Å². The summed E-state index contributed by atoms with van der Waals surface area (Å²) in [5.74, 6) is -0.304. The third kappa shape index (κ3) is 36.3. The molecule has 1 aliphatic heterocycles. The molecule has 6 aliphatic carbocycles. The molecular weight excluding hydrogens is 1730 g/mol. The Kier molecular flexibility index (Phi) is 47.2. The first-order chi connectivity index (χ1) is 61.3. The number of non-ortho nitro benzene ring substituents is 4. The summed E-state index contributed by atoms with van der Waals surface area (Å²) in [4.78, 5) is 138. The van der Waals surface area contributed by atoms with E-state index in [-0.39, 0.29) is 85.0 Å². The molecular formula is C95H115Cl3N6O23S. The van der Waals surface area contributed by atoms with Crippen molar-refractivity contribution < 1.29 is 91.7 Å². The third-order valence-electron chi connectivity index (χ3n) is 22.8. The molecule has 7 aliphatic rings. The number of rotatable bonds is 28. The zero-order valence-corrected chi connectivity index (χ0v) is 74.9. The maximum absolute atomic E-state index is 12.4. The van der Waals surface area contributed by atoms with Crippen LogP contribution in [0.15, 0.2) is 169 Å². The van der Waals surface area contributed by atoms with E-state index in [1.807, 2.05) is 36.4 Å². The number of aliphatic hydroxyl groups excluding tert-OH is 4. The number of sulfonamides is 1. The summed E-state index contributed by atoms with van der Waals surface area (Å²) < 4.78 is 27.0. The fourth-order valence-corrected chi connectivity index (χ4v) is 17.1. The van der Waals surface area contributed by atoms with Crippen LogP contribution in [0.4, 0.5) is 22.7 Å². The number of nitrogens with zero attached hydrogens (tertiary/aromatic N) is 4. The first kappa shape index (κ1) is 106. The fourth-order valence-electron chi connectivity index (χ4n) is 15.4. The lowest BCUT2D eigenvalue weighted by Gasteiger charge is -2.17. The van der Waals surface area contributed by atoms with Gasteiger partial charge in [0.2, 0.25) is 0 Å². The number of hydrogen-bond acceptors (Lipinski definition) is 24. The van der Waals surface area contributed by atoms with E-state index in [0.717, 1.165) is 127 Å². The topological polar surface area (TPSA) is 465 Å². The normalized spacial score (nSPS) is 18.7. The van der Waals surface area contributed by atoms with Gasteiger partial charge in [0.05, 0.1) is 60.1 Å². The maximum Gasteiger partial charge on any atom is 0.270 e. The van der Waals surface area contributed by atoms with Crippen LogP contribution < -0.4 is 10.0 Å². The number of halogens is 3. The lowest BCUT2D eigenvalue weighted by atomic mass is 9.93. The molecule has 7 fully saturated rings. The van der Waals surface area contributed by atoms with Crippen LogP contribution in [-0.2, 0) is 50.0 Å². The molecule has 7 aromatic rings. The van der Waals surface area contributed by atoms with Crippen LogP contribution in [-0.4, -0.2) is 114 Å². The van der Waals surface area contributed by atoms with E-state index in [2.05, 4.69) is 17.0 Å². The number of nitro groups is 4. The van der Waals surface area contributed by atoms with Crippen molar-refractivity contribution in [1.82, 2.24) is 10.0 Å². The second-order valence-corrected chi connectivity index (χ2v) is 35.0. The monoisotopic (exact) mass is 1840 g/mol. The van der Waals surface area contributed by atoms with Gasteiger partial charge in [0.15, 0.2) is 6.29 Å². The van der Waals surface area contributed by atoms with Crippen LogP contribution in [0, 0.1) is 64.1 Å². The first-order valence-corrected chi connectivity index (χ1v) is 46.2. The van der Waals surface area contributed by atoms with Gasteiger partial charge in [0.1, 0.15) is 41.0 Å². The predicted octanol–water partition coefficient (Wildman–Crippen LogP) is 19.9. The second kappa shape index (κ2) is 56.8. The number of nitrogens with one attached hydrogen (secondary N) is 2. The van der Waals surface area contributed by atoms with E-state index < -0.39 is 66.1 Å². The number of nitro benzene ring substituents is 4. The lowest BCUT2D eigenvalue weighted by molar-refractivity contribution is -0.385. The van der Waals surface area contributed by atoms with Crippen LogP contribution in [0.5, 0.6) is 0 Å². The molecule has 9 atom stereocenters. The fraction of sp³-hybridized carbons (Fsp3) is 0.463. The molecule has 7 aromatic carbocycles. The molecule has 33 heteroatoms. The Morgan fingerprint density at radius 3 is 1.10 bits per heavy atom. The quantitative estimate of drug-likeness (QED) is 0.0115. The zero-order valence-electron chi connectivity index (χ0n) is 71.9. The number of aldehydes is 2. The Morgan fingerprint density at radius 2 is 0.789 bits per heavy atom. The van der Waals surface area contributed by atoms with Crippen LogP contribution in [0.1, 0.15) is 285 Å². The Labute approximate surface area is 760 Å². The molecule has 128 heavy (non-hydrogen) atoms. The number of amides is 1. The number of carbonyl (C=O) groups is 9. The van der Waals surface area contributed by atoms with E-state index in [4.69, 9.17) is 34.8 Å². The number of unbranched alkanes of at least 4 members (excludes halogenated alkanes) is 9. The number of hydrogen-bond donors (Lipinski definition) is 6. The first-order valence-electron chi connectivity index (χ1n) is 43.6. The summed E-state index contributed by atoms with van der Waals surface area (Å²) in [6.45, 7) is 3.01. The maximum atomic E-state index is 12.4. The van der Waals surface area contributed by atoms with Crippen molar-refractivity contribution >= 4 is 121 Å². The van der Waals surface area contributed by atoms with Crippen molar-refractivity contribution in [3.63, 3.8) is 0 Å². The summed E-state index contributed by atoms with van der Waals surface area (Å²) in [5, 5.41) is 85.7. The lowest BCUT2D eigenvalue weighted by Crippen LogP contribution is -2.43. The van der Waals surface area contributed by atoms with Gasteiger partial charge in [-0.1, -0.05) is 148 Å². The minimum atomic E-state index is -3.80. The minimum Gasteiger partial charge on any atom is -0.388 e. The van der Waals surface area contributed by atoms with Crippen molar-refractivity contribution in [2.45, 2.75) is 254 Å². The molecule has 1 saturated heterocycles.